The Morgan fingerprint density at radius 3 is 2.50 bits per heavy atom. The Balaban J connectivity index is 0.00000529. The summed E-state index contributed by atoms with van der Waals surface area (Å²) in [4.78, 5) is 24.6. The van der Waals surface area contributed by atoms with Crippen LogP contribution in [0.15, 0.2) is 18.2 Å². The predicted molar refractivity (Wildman–Crippen MR) is 94.8 cm³/mol. The van der Waals surface area contributed by atoms with E-state index in [-0.39, 0.29) is 30.8 Å². The Morgan fingerprint density at radius 1 is 1.21 bits per heavy atom. The molecule has 1 aromatic rings. The Kier molecular flexibility index (Phi) is 10.6. The lowest BCUT2D eigenvalue weighted by molar-refractivity contribution is -0.130. The third-order valence-corrected chi connectivity index (χ3v) is 3.17. The van der Waals surface area contributed by atoms with E-state index in [1.165, 1.54) is 12.0 Å². The molecule has 24 heavy (non-hydrogen) atoms. The number of methoxy groups -OCH3 is 1. The Hall–Kier alpha value is -1.99. The van der Waals surface area contributed by atoms with Crippen molar-refractivity contribution in [3.8, 4) is 11.5 Å². The van der Waals surface area contributed by atoms with Crippen molar-refractivity contribution in [2.75, 3.05) is 41.4 Å². The van der Waals surface area contributed by atoms with Crippen LogP contribution in [0.4, 0.5) is 0 Å². The number of hydrogen-bond donors (Lipinski definition) is 2. The van der Waals surface area contributed by atoms with E-state index in [1.807, 2.05) is 6.07 Å². The number of carbonyl (C=O) groups excluding carboxylic acids is 2. The van der Waals surface area contributed by atoms with E-state index >= 15 is 0 Å². The van der Waals surface area contributed by atoms with E-state index < -0.39 is 0 Å². The second-order valence-corrected chi connectivity index (χ2v) is 5.19. The standard InChI is InChI=1S/C16H25N3O4.ClH/c1-17-8-7-15(20)18-10-12-5-6-13(14(9-12)22-4)23-11-16(21)19(2)3;/h5-6,9,17H,7-8,10-11H2,1-4H3,(H,18,20);1H. The van der Waals surface area contributed by atoms with Gasteiger partial charge in [-0.15, -0.1) is 12.4 Å². The van der Waals surface area contributed by atoms with Crippen LogP contribution in [0.25, 0.3) is 0 Å². The summed E-state index contributed by atoms with van der Waals surface area (Å²) in [6.45, 7) is 1.00. The summed E-state index contributed by atoms with van der Waals surface area (Å²) in [5, 5.41) is 5.76. The molecule has 1 aromatic carbocycles. The molecular weight excluding hydrogens is 334 g/mol. The van der Waals surface area contributed by atoms with Crippen LogP contribution >= 0.6 is 12.4 Å². The highest BCUT2D eigenvalue weighted by Crippen LogP contribution is 2.28. The van der Waals surface area contributed by atoms with Gasteiger partial charge in [0, 0.05) is 33.6 Å². The van der Waals surface area contributed by atoms with E-state index in [2.05, 4.69) is 10.6 Å². The van der Waals surface area contributed by atoms with Crippen LogP contribution in [-0.4, -0.2) is 58.1 Å². The average molecular weight is 360 g/mol. The number of likely N-dealkylation sites (N-methyl/N-ethyl adjacent to an activating group) is 1. The van der Waals surface area contributed by atoms with Gasteiger partial charge in [0.25, 0.3) is 5.91 Å². The maximum absolute atomic E-state index is 11.6. The first-order chi connectivity index (χ1) is 11.0. The molecule has 2 amide bonds. The van der Waals surface area contributed by atoms with Gasteiger partial charge in [0.2, 0.25) is 5.91 Å². The van der Waals surface area contributed by atoms with Crippen LogP contribution in [0, 0.1) is 0 Å². The zero-order valence-electron chi connectivity index (χ0n) is 14.5. The summed E-state index contributed by atoms with van der Waals surface area (Å²) in [7, 11) is 6.68. The summed E-state index contributed by atoms with van der Waals surface area (Å²) in [6, 6.07) is 5.35. The molecule has 0 aliphatic rings. The monoisotopic (exact) mass is 359 g/mol. The van der Waals surface area contributed by atoms with Gasteiger partial charge >= 0.3 is 0 Å². The smallest absolute Gasteiger partial charge is 0.259 e. The maximum atomic E-state index is 11.6. The number of nitrogens with one attached hydrogen (secondary N) is 2. The summed E-state index contributed by atoms with van der Waals surface area (Å²) >= 11 is 0. The van der Waals surface area contributed by atoms with E-state index in [9.17, 15) is 9.59 Å². The lowest BCUT2D eigenvalue weighted by Crippen LogP contribution is -2.27. The molecule has 7 nitrogen and oxygen atoms in total. The van der Waals surface area contributed by atoms with Crippen LogP contribution in [0.5, 0.6) is 11.5 Å². The molecule has 1 rings (SSSR count). The normalized spacial score (nSPS) is 9.67. The molecule has 136 valence electrons. The van der Waals surface area contributed by atoms with Crippen molar-refractivity contribution in [2.24, 2.45) is 0 Å². The first-order valence-corrected chi connectivity index (χ1v) is 7.39. The van der Waals surface area contributed by atoms with Crippen molar-refractivity contribution in [3.05, 3.63) is 23.8 Å². The molecule has 0 aromatic heterocycles. The molecule has 0 fully saturated rings. The van der Waals surface area contributed by atoms with Crippen molar-refractivity contribution >= 4 is 24.2 Å². The van der Waals surface area contributed by atoms with E-state index in [4.69, 9.17) is 9.47 Å². The number of amides is 2. The van der Waals surface area contributed by atoms with Crippen molar-refractivity contribution in [1.29, 1.82) is 0 Å². The van der Waals surface area contributed by atoms with E-state index in [1.54, 1.807) is 33.3 Å². The van der Waals surface area contributed by atoms with Crippen molar-refractivity contribution in [1.82, 2.24) is 15.5 Å². The van der Waals surface area contributed by atoms with Gasteiger partial charge in [-0.05, 0) is 24.7 Å². The van der Waals surface area contributed by atoms with Crippen molar-refractivity contribution in [2.45, 2.75) is 13.0 Å². The number of rotatable bonds is 9. The minimum Gasteiger partial charge on any atom is -0.493 e. The van der Waals surface area contributed by atoms with Crippen LogP contribution < -0.4 is 20.1 Å². The molecule has 8 heteroatoms. The highest BCUT2D eigenvalue weighted by molar-refractivity contribution is 5.85. The molecule has 0 heterocycles. The second kappa shape index (κ2) is 11.5. The van der Waals surface area contributed by atoms with Crippen LogP contribution in [0.2, 0.25) is 0 Å². The summed E-state index contributed by atoms with van der Waals surface area (Å²) in [6.07, 6.45) is 0.432. The third kappa shape index (κ3) is 7.52. The number of benzene rings is 1. The number of ether oxygens (including phenoxy) is 2. The molecule has 0 radical (unpaired) electrons. The van der Waals surface area contributed by atoms with E-state index in [0.717, 1.165) is 5.56 Å². The lowest BCUT2D eigenvalue weighted by atomic mass is 10.2. The summed E-state index contributed by atoms with van der Waals surface area (Å²) in [5.41, 5.74) is 0.894. The van der Waals surface area contributed by atoms with Gasteiger partial charge in [-0.2, -0.15) is 0 Å². The molecule has 0 unspecified atom stereocenters. The number of carbonyl (C=O) groups is 2. The van der Waals surface area contributed by atoms with Crippen molar-refractivity contribution in [3.63, 3.8) is 0 Å². The molecule has 0 spiro atoms. The Labute approximate surface area is 149 Å². The first-order valence-electron chi connectivity index (χ1n) is 7.39. The SMILES string of the molecule is CNCCC(=O)NCc1ccc(OCC(=O)N(C)C)c(OC)c1.Cl. The molecule has 0 aliphatic heterocycles. The summed E-state index contributed by atoms with van der Waals surface area (Å²) < 4.78 is 10.8. The first kappa shape index (κ1) is 22.0. The largest absolute Gasteiger partial charge is 0.493 e. The average Bonchev–Trinajstić information content (AvgIpc) is 2.55. The third-order valence-electron chi connectivity index (χ3n) is 3.17. The highest BCUT2D eigenvalue weighted by Gasteiger charge is 2.10. The maximum Gasteiger partial charge on any atom is 0.259 e. The number of halogens is 1. The highest BCUT2D eigenvalue weighted by atomic mass is 35.5. The quantitative estimate of drug-likeness (QED) is 0.682. The predicted octanol–water partition coefficient (Wildman–Crippen LogP) is 0.810. The molecular formula is C16H26ClN3O4. The van der Waals surface area contributed by atoms with Gasteiger partial charge in [0.1, 0.15) is 0 Å². The van der Waals surface area contributed by atoms with Gasteiger partial charge in [0.15, 0.2) is 18.1 Å². The minimum absolute atomic E-state index is 0. The molecule has 0 bridgehead atoms. The van der Waals surface area contributed by atoms with Gasteiger partial charge < -0.3 is 25.0 Å². The zero-order valence-corrected chi connectivity index (χ0v) is 15.4. The van der Waals surface area contributed by atoms with Gasteiger partial charge in [-0.3, -0.25) is 9.59 Å². The van der Waals surface area contributed by atoms with Crippen LogP contribution in [-0.2, 0) is 16.1 Å². The number of hydrogen-bond acceptors (Lipinski definition) is 5. The second-order valence-electron chi connectivity index (χ2n) is 5.19. The van der Waals surface area contributed by atoms with Gasteiger partial charge in [0.05, 0.1) is 7.11 Å². The molecule has 0 aliphatic carbocycles. The fourth-order valence-electron chi connectivity index (χ4n) is 1.74. The Morgan fingerprint density at radius 2 is 1.92 bits per heavy atom. The zero-order chi connectivity index (χ0) is 17.2. The van der Waals surface area contributed by atoms with Gasteiger partial charge in [-0.1, -0.05) is 6.07 Å². The molecule has 0 saturated carbocycles. The lowest BCUT2D eigenvalue weighted by Gasteiger charge is -2.14. The van der Waals surface area contributed by atoms with Crippen molar-refractivity contribution < 1.29 is 19.1 Å². The molecule has 0 atom stereocenters. The fourth-order valence-corrected chi connectivity index (χ4v) is 1.74. The molecule has 0 saturated heterocycles. The minimum atomic E-state index is -0.132. The van der Waals surface area contributed by atoms with Crippen LogP contribution in [0.3, 0.4) is 0 Å². The van der Waals surface area contributed by atoms with E-state index in [0.29, 0.717) is 31.0 Å². The number of nitrogens with zero attached hydrogens (tertiary/aromatic N) is 1. The molecule has 2 N–H and O–H groups in total. The summed E-state index contributed by atoms with van der Waals surface area (Å²) in [5.74, 6) is 0.870. The topological polar surface area (TPSA) is 79.9 Å². The Bertz CT molecular complexity index is 538. The van der Waals surface area contributed by atoms with Crippen LogP contribution in [0.1, 0.15) is 12.0 Å². The fraction of sp³-hybridized carbons (Fsp3) is 0.500. The van der Waals surface area contributed by atoms with Gasteiger partial charge in [-0.25, -0.2) is 0 Å².